The smallest absolute Gasteiger partial charge is 0.239 e. The molecule has 0 spiro atoms. The SMILES string of the molecule is CN=C(NCC(=O)NCc1ccco1)NC1CC(C)(C)Oc2ccccc21. The van der Waals surface area contributed by atoms with Gasteiger partial charge in [-0.1, -0.05) is 18.2 Å². The predicted molar refractivity (Wildman–Crippen MR) is 104 cm³/mol. The Kier molecular flexibility index (Phi) is 5.69. The Morgan fingerprint density at radius 2 is 2.04 bits per heavy atom. The highest BCUT2D eigenvalue weighted by Crippen LogP contribution is 2.39. The van der Waals surface area contributed by atoms with Gasteiger partial charge in [0.15, 0.2) is 5.96 Å². The van der Waals surface area contributed by atoms with E-state index < -0.39 is 0 Å². The quantitative estimate of drug-likeness (QED) is 0.555. The van der Waals surface area contributed by atoms with E-state index in [0.717, 1.165) is 17.7 Å². The zero-order valence-corrected chi connectivity index (χ0v) is 15.9. The number of fused-ring (bicyclic) bond motifs is 1. The largest absolute Gasteiger partial charge is 0.487 e. The van der Waals surface area contributed by atoms with Crippen LogP contribution in [0.25, 0.3) is 0 Å². The number of nitrogens with one attached hydrogen (secondary N) is 3. The average Bonchev–Trinajstić information content (AvgIpc) is 3.16. The molecule has 144 valence electrons. The molecule has 3 N–H and O–H groups in total. The summed E-state index contributed by atoms with van der Waals surface area (Å²) < 4.78 is 11.3. The van der Waals surface area contributed by atoms with Crippen LogP contribution in [0.1, 0.15) is 37.6 Å². The van der Waals surface area contributed by atoms with E-state index in [-0.39, 0.29) is 24.1 Å². The second-order valence-electron chi connectivity index (χ2n) is 7.08. The lowest BCUT2D eigenvalue weighted by molar-refractivity contribution is -0.120. The van der Waals surface area contributed by atoms with Gasteiger partial charge in [-0.25, -0.2) is 0 Å². The lowest BCUT2D eigenvalue weighted by Crippen LogP contribution is -2.47. The van der Waals surface area contributed by atoms with Crippen molar-refractivity contribution in [2.24, 2.45) is 4.99 Å². The van der Waals surface area contributed by atoms with Gasteiger partial charge in [0.2, 0.25) is 5.91 Å². The molecule has 1 aliphatic heterocycles. The van der Waals surface area contributed by atoms with Gasteiger partial charge in [0, 0.05) is 19.0 Å². The first-order valence-corrected chi connectivity index (χ1v) is 9.01. The van der Waals surface area contributed by atoms with Crippen molar-refractivity contribution >= 4 is 11.9 Å². The molecule has 1 atom stereocenters. The molecule has 2 aromatic rings. The second-order valence-corrected chi connectivity index (χ2v) is 7.08. The molecule has 7 nitrogen and oxygen atoms in total. The summed E-state index contributed by atoms with van der Waals surface area (Å²) in [6.07, 6.45) is 2.37. The Balaban J connectivity index is 1.56. The Morgan fingerprint density at radius 1 is 1.22 bits per heavy atom. The van der Waals surface area contributed by atoms with E-state index in [4.69, 9.17) is 9.15 Å². The summed E-state index contributed by atoms with van der Waals surface area (Å²) in [5, 5.41) is 9.26. The summed E-state index contributed by atoms with van der Waals surface area (Å²) in [4.78, 5) is 16.3. The zero-order chi connectivity index (χ0) is 19.3. The number of furan rings is 1. The molecule has 2 heterocycles. The molecule has 1 aliphatic rings. The lowest BCUT2D eigenvalue weighted by atomic mass is 9.90. The van der Waals surface area contributed by atoms with Crippen LogP contribution in [-0.2, 0) is 11.3 Å². The molecule has 0 radical (unpaired) electrons. The summed E-state index contributed by atoms with van der Waals surface area (Å²) >= 11 is 0. The standard InChI is InChI=1S/C20H26N4O3/c1-20(2)11-16(15-8-4-5-9-17(15)27-20)24-19(21-3)23-13-18(25)22-12-14-7-6-10-26-14/h4-10,16H,11-13H2,1-3H3,(H,22,25)(H2,21,23,24). The summed E-state index contributed by atoms with van der Waals surface area (Å²) in [7, 11) is 1.69. The molecule has 0 fully saturated rings. The Morgan fingerprint density at radius 3 is 2.78 bits per heavy atom. The van der Waals surface area contributed by atoms with Gasteiger partial charge >= 0.3 is 0 Å². The number of guanidine groups is 1. The number of ether oxygens (including phenoxy) is 1. The minimum atomic E-state index is -0.286. The molecule has 1 amide bonds. The third kappa shape index (κ3) is 5.03. The van der Waals surface area contributed by atoms with Crippen molar-refractivity contribution < 1.29 is 13.9 Å². The first kappa shape index (κ1) is 18.8. The minimum Gasteiger partial charge on any atom is -0.487 e. The van der Waals surface area contributed by atoms with Gasteiger partial charge in [-0.3, -0.25) is 9.79 Å². The fraction of sp³-hybridized carbons (Fsp3) is 0.400. The molecule has 0 bridgehead atoms. The molecular formula is C20H26N4O3. The lowest BCUT2D eigenvalue weighted by Gasteiger charge is -2.38. The van der Waals surface area contributed by atoms with Crippen LogP contribution in [0.2, 0.25) is 0 Å². The molecule has 1 aromatic carbocycles. The number of benzene rings is 1. The normalized spacial score (nSPS) is 18.2. The first-order valence-electron chi connectivity index (χ1n) is 9.01. The van der Waals surface area contributed by atoms with Gasteiger partial charge in [-0.2, -0.15) is 0 Å². The van der Waals surface area contributed by atoms with Gasteiger partial charge in [0.1, 0.15) is 17.1 Å². The van der Waals surface area contributed by atoms with Gasteiger partial charge < -0.3 is 25.1 Å². The fourth-order valence-corrected chi connectivity index (χ4v) is 3.12. The number of rotatable bonds is 5. The van der Waals surface area contributed by atoms with Crippen molar-refractivity contribution in [3.63, 3.8) is 0 Å². The molecule has 1 aromatic heterocycles. The number of hydrogen-bond acceptors (Lipinski definition) is 4. The monoisotopic (exact) mass is 370 g/mol. The number of aliphatic imine (C=N–C) groups is 1. The van der Waals surface area contributed by atoms with E-state index in [1.807, 2.05) is 30.3 Å². The van der Waals surface area contributed by atoms with Crippen LogP contribution in [-0.4, -0.2) is 31.1 Å². The molecule has 0 saturated heterocycles. The molecular weight excluding hydrogens is 344 g/mol. The van der Waals surface area contributed by atoms with Crippen LogP contribution in [0.3, 0.4) is 0 Å². The van der Waals surface area contributed by atoms with Crippen LogP contribution in [0.5, 0.6) is 5.75 Å². The first-order chi connectivity index (χ1) is 13.0. The highest BCUT2D eigenvalue weighted by Gasteiger charge is 2.33. The molecule has 0 aliphatic carbocycles. The van der Waals surface area contributed by atoms with Crippen molar-refractivity contribution in [1.82, 2.24) is 16.0 Å². The Labute approximate surface area is 159 Å². The topological polar surface area (TPSA) is 87.9 Å². The Bertz CT molecular complexity index is 799. The fourth-order valence-electron chi connectivity index (χ4n) is 3.12. The number of carbonyl (C=O) groups is 1. The van der Waals surface area contributed by atoms with E-state index in [2.05, 4.69) is 34.8 Å². The average molecular weight is 370 g/mol. The number of hydrogen-bond donors (Lipinski definition) is 3. The summed E-state index contributed by atoms with van der Waals surface area (Å²) in [6, 6.07) is 11.6. The summed E-state index contributed by atoms with van der Waals surface area (Å²) in [5.74, 6) is 2.02. The third-order valence-electron chi connectivity index (χ3n) is 4.37. The maximum atomic E-state index is 12.0. The number of nitrogens with zero attached hydrogens (tertiary/aromatic N) is 1. The summed E-state index contributed by atoms with van der Waals surface area (Å²) in [5.41, 5.74) is 0.799. The summed E-state index contributed by atoms with van der Waals surface area (Å²) in [6.45, 7) is 4.61. The molecule has 0 saturated carbocycles. The maximum absolute atomic E-state index is 12.0. The zero-order valence-electron chi connectivity index (χ0n) is 15.9. The van der Waals surface area contributed by atoms with Gasteiger partial charge in [-0.05, 0) is 32.0 Å². The van der Waals surface area contributed by atoms with E-state index in [0.29, 0.717) is 18.3 Å². The van der Waals surface area contributed by atoms with E-state index in [1.54, 1.807) is 19.4 Å². The van der Waals surface area contributed by atoms with Crippen molar-refractivity contribution in [1.29, 1.82) is 0 Å². The van der Waals surface area contributed by atoms with Gasteiger partial charge in [-0.15, -0.1) is 0 Å². The van der Waals surface area contributed by atoms with Crippen LogP contribution in [0, 0.1) is 0 Å². The van der Waals surface area contributed by atoms with Crippen LogP contribution in [0.15, 0.2) is 52.1 Å². The van der Waals surface area contributed by atoms with Crippen molar-refractivity contribution in [3.8, 4) is 5.75 Å². The van der Waals surface area contributed by atoms with Crippen LogP contribution in [0.4, 0.5) is 0 Å². The second kappa shape index (κ2) is 8.16. The molecule has 7 heteroatoms. The molecule has 1 unspecified atom stereocenters. The van der Waals surface area contributed by atoms with Gasteiger partial charge in [0.05, 0.1) is 25.4 Å². The number of amides is 1. The highest BCUT2D eigenvalue weighted by atomic mass is 16.5. The van der Waals surface area contributed by atoms with E-state index in [1.165, 1.54) is 0 Å². The molecule has 3 rings (SSSR count). The van der Waals surface area contributed by atoms with Crippen molar-refractivity contribution in [2.75, 3.05) is 13.6 Å². The third-order valence-corrected chi connectivity index (χ3v) is 4.37. The Hall–Kier alpha value is -2.96. The minimum absolute atomic E-state index is 0.0438. The van der Waals surface area contributed by atoms with Crippen molar-refractivity contribution in [2.45, 2.75) is 38.5 Å². The van der Waals surface area contributed by atoms with E-state index >= 15 is 0 Å². The number of carbonyl (C=O) groups excluding carboxylic acids is 1. The van der Waals surface area contributed by atoms with Crippen molar-refractivity contribution in [3.05, 3.63) is 54.0 Å². The predicted octanol–water partition coefficient (Wildman–Crippen LogP) is 2.36. The van der Waals surface area contributed by atoms with Crippen LogP contribution >= 0.6 is 0 Å². The number of para-hydroxylation sites is 1. The van der Waals surface area contributed by atoms with Gasteiger partial charge in [0.25, 0.3) is 0 Å². The highest BCUT2D eigenvalue weighted by molar-refractivity contribution is 5.86. The van der Waals surface area contributed by atoms with Crippen LogP contribution < -0.4 is 20.7 Å². The van der Waals surface area contributed by atoms with E-state index in [9.17, 15) is 4.79 Å². The molecule has 27 heavy (non-hydrogen) atoms. The maximum Gasteiger partial charge on any atom is 0.239 e.